The van der Waals surface area contributed by atoms with Gasteiger partial charge >= 0.3 is 5.97 Å². The van der Waals surface area contributed by atoms with Crippen molar-refractivity contribution in [2.75, 3.05) is 16.8 Å². The number of carbonyl (C=O) groups is 2. The Kier molecular flexibility index (Phi) is 6.49. The Hall–Kier alpha value is -1.99. The molecule has 1 amide bonds. The first kappa shape index (κ1) is 17.4. The first-order valence-electron chi connectivity index (χ1n) is 6.74. The number of aryl methyl sites for hydroxylation is 1. The van der Waals surface area contributed by atoms with Crippen molar-refractivity contribution in [2.45, 2.75) is 13.5 Å². The van der Waals surface area contributed by atoms with Gasteiger partial charge in [0.1, 0.15) is 18.1 Å². The van der Waals surface area contributed by atoms with Crippen LogP contribution in [-0.4, -0.2) is 28.5 Å². The van der Waals surface area contributed by atoms with Gasteiger partial charge in [0.25, 0.3) is 0 Å². The van der Waals surface area contributed by atoms with Crippen LogP contribution < -0.4 is 5.32 Å². The van der Waals surface area contributed by atoms with Crippen molar-refractivity contribution in [3.63, 3.8) is 0 Å². The van der Waals surface area contributed by atoms with Gasteiger partial charge in [-0.1, -0.05) is 16.8 Å². The van der Waals surface area contributed by atoms with Gasteiger partial charge in [-0.05, 0) is 31.2 Å². The van der Waals surface area contributed by atoms with Gasteiger partial charge in [0.2, 0.25) is 5.91 Å². The third-order valence-corrected chi connectivity index (χ3v) is 3.80. The minimum Gasteiger partial charge on any atom is -0.458 e. The average Bonchev–Trinajstić information content (AvgIpc) is 2.93. The summed E-state index contributed by atoms with van der Waals surface area (Å²) in [5.41, 5.74) is 1.21. The number of benzene rings is 1. The number of esters is 1. The molecule has 0 aliphatic carbocycles. The van der Waals surface area contributed by atoms with Crippen molar-refractivity contribution in [2.24, 2.45) is 0 Å². The average molecular weight is 355 g/mol. The number of rotatable bonds is 7. The molecule has 0 unspecified atom stereocenters. The van der Waals surface area contributed by atoms with Crippen LogP contribution in [0, 0.1) is 6.92 Å². The molecule has 2 rings (SSSR count). The van der Waals surface area contributed by atoms with E-state index in [1.165, 1.54) is 11.8 Å². The SMILES string of the molecule is Cc1cc(COC(=O)CSCC(=O)Nc2ccc(Cl)cc2)no1. The minimum atomic E-state index is -0.407. The molecule has 0 aliphatic rings. The van der Waals surface area contributed by atoms with E-state index in [1.807, 2.05) is 0 Å². The third kappa shape index (κ3) is 6.33. The van der Waals surface area contributed by atoms with Crippen molar-refractivity contribution in [3.8, 4) is 0 Å². The summed E-state index contributed by atoms with van der Waals surface area (Å²) in [6.45, 7) is 1.82. The molecule has 1 aromatic carbocycles. The van der Waals surface area contributed by atoms with Gasteiger partial charge in [0, 0.05) is 16.8 Å². The van der Waals surface area contributed by atoms with E-state index >= 15 is 0 Å². The first-order chi connectivity index (χ1) is 11.0. The largest absolute Gasteiger partial charge is 0.458 e. The molecule has 2 aromatic rings. The Morgan fingerprint density at radius 1 is 1.30 bits per heavy atom. The molecule has 0 spiro atoms. The smallest absolute Gasteiger partial charge is 0.316 e. The highest BCUT2D eigenvalue weighted by Gasteiger charge is 2.09. The maximum absolute atomic E-state index is 11.7. The number of thioether (sulfide) groups is 1. The minimum absolute atomic E-state index is 0.0632. The van der Waals surface area contributed by atoms with Gasteiger partial charge in [-0.2, -0.15) is 0 Å². The molecular formula is C15H15ClN2O4S. The van der Waals surface area contributed by atoms with E-state index in [0.717, 1.165) is 0 Å². The molecule has 0 atom stereocenters. The standard InChI is InChI=1S/C15H15ClN2O4S/c1-10-6-13(18-22-10)7-21-15(20)9-23-8-14(19)17-12-4-2-11(16)3-5-12/h2-6H,7-9H2,1H3,(H,17,19). The quantitative estimate of drug-likeness (QED) is 0.769. The maximum Gasteiger partial charge on any atom is 0.316 e. The molecule has 6 nitrogen and oxygen atoms in total. The fourth-order valence-corrected chi connectivity index (χ4v) is 2.38. The lowest BCUT2D eigenvalue weighted by molar-refractivity contribution is -0.141. The first-order valence-corrected chi connectivity index (χ1v) is 8.27. The van der Waals surface area contributed by atoms with E-state index in [0.29, 0.717) is 22.2 Å². The van der Waals surface area contributed by atoms with Gasteiger partial charge in [0.05, 0.1) is 11.5 Å². The zero-order chi connectivity index (χ0) is 16.7. The van der Waals surface area contributed by atoms with E-state index in [9.17, 15) is 9.59 Å². The molecule has 1 aromatic heterocycles. The molecule has 0 aliphatic heterocycles. The summed E-state index contributed by atoms with van der Waals surface area (Å²) < 4.78 is 9.89. The van der Waals surface area contributed by atoms with E-state index in [2.05, 4.69) is 10.5 Å². The molecule has 0 saturated carbocycles. The number of aromatic nitrogens is 1. The summed E-state index contributed by atoms with van der Waals surface area (Å²) in [5.74, 6) is 0.294. The zero-order valence-electron chi connectivity index (χ0n) is 12.4. The fourth-order valence-electron chi connectivity index (χ4n) is 1.64. The number of carbonyl (C=O) groups excluding carboxylic acids is 2. The van der Waals surface area contributed by atoms with Crippen molar-refractivity contribution in [3.05, 3.63) is 46.8 Å². The van der Waals surface area contributed by atoms with E-state index in [1.54, 1.807) is 37.3 Å². The molecule has 0 radical (unpaired) electrons. The van der Waals surface area contributed by atoms with Gasteiger partial charge in [0.15, 0.2) is 0 Å². The Morgan fingerprint density at radius 2 is 2.04 bits per heavy atom. The normalized spacial score (nSPS) is 10.3. The number of hydrogen-bond donors (Lipinski definition) is 1. The highest BCUT2D eigenvalue weighted by Crippen LogP contribution is 2.14. The Bertz CT molecular complexity index is 672. The summed E-state index contributed by atoms with van der Waals surface area (Å²) in [5, 5.41) is 7.03. The second-order valence-corrected chi connectivity index (χ2v) is 6.06. The topological polar surface area (TPSA) is 81.4 Å². The van der Waals surface area contributed by atoms with E-state index < -0.39 is 5.97 Å². The van der Waals surface area contributed by atoms with Crippen LogP contribution in [0.1, 0.15) is 11.5 Å². The predicted octanol–water partition coefficient (Wildman–Crippen LogP) is 3.05. The number of halogens is 1. The fraction of sp³-hybridized carbons (Fsp3) is 0.267. The molecule has 23 heavy (non-hydrogen) atoms. The van der Waals surface area contributed by atoms with Crippen molar-refractivity contribution in [1.29, 1.82) is 0 Å². The summed E-state index contributed by atoms with van der Waals surface area (Å²) in [7, 11) is 0. The van der Waals surface area contributed by atoms with Gasteiger partial charge in [-0.3, -0.25) is 9.59 Å². The predicted molar refractivity (Wildman–Crippen MR) is 88.4 cm³/mol. The number of nitrogens with one attached hydrogen (secondary N) is 1. The number of nitrogens with zero attached hydrogens (tertiary/aromatic N) is 1. The summed E-state index contributed by atoms with van der Waals surface area (Å²) >= 11 is 6.94. The summed E-state index contributed by atoms with van der Waals surface area (Å²) in [6.07, 6.45) is 0. The van der Waals surface area contributed by atoms with E-state index in [-0.39, 0.29) is 24.0 Å². The van der Waals surface area contributed by atoms with Gasteiger partial charge in [-0.25, -0.2) is 0 Å². The van der Waals surface area contributed by atoms with Crippen molar-refractivity contribution < 1.29 is 18.8 Å². The molecule has 0 fully saturated rings. The molecule has 0 bridgehead atoms. The third-order valence-electron chi connectivity index (χ3n) is 2.64. The second-order valence-electron chi connectivity index (χ2n) is 4.64. The Labute approximate surface area is 142 Å². The lowest BCUT2D eigenvalue weighted by Crippen LogP contribution is -2.16. The van der Waals surface area contributed by atoms with Crippen LogP contribution in [0.2, 0.25) is 5.02 Å². The number of amides is 1. The molecule has 122 valence electrons. The molecular weight excluding hydrogens is 340 g/mol. The van der Waals surface area contributed by atoms with Gasteiger partial charge in [-0.15, -0.1) is 11.8 Å². The maximum atomic E-state index is 11.7. The number of hydrogen-bond acceptors (Lipinski definition) is 6. The number of ether oxygens (including phenoxy) is 1. The van der Waals surface area contributed by atoms with Crippen molar-refractivity contribution >= 4 is 40.9 Å². The molecule has 1 N–H and O–H groups in total. The second kappa shape index (κ2) is 8.59. The zero-order valence-corrected chi connectivity index (χ0v) is 13.9. The van der Waals surface area contributed by atoms with Crippen LogP contribution in [-0.2, 0) is 20.9 Å². The highest BCUT2D eigenvalue weighted by molar-refractivity contribution is 8.00. The highest BCUT2D eigenvalue weighted by atomic mass is 35.5. The monoisotopic (exact) mass is 354 g/mol. The van der Waals surface area contributed by atoms with Crippen LogP contribution >= 0.6 is 23.4 Å². The molecule has 8 heteroatoms. The van der Waals surface area contributed by atoms with Crippen LogP contribution in [0.25, 0.3) is 0 Å². The molecule has 0 saturated heterocycles. The Morgan fingerprint density at radius 3 is 2.70 bits per heavy atom. The van der Waals surface area contributed by atoms with Crippen LogP contribution in [0.4, 0.5) is 5.69 Å². The summed E-state index contributed by atoms with van der Waals surface area (Å²) in [6, 6.07) is 8.48. The van der Waals surface area contributed by atoms with Crippen LogP contribution in [0.3, 0.4) is 0 Å². The lowest BCUT2D eigenvalue weighted by Gasteiger charge is -2.05. The van der Waals surface area contributed by atoms with Crippen molar-refractivity contribution in [1.82, 2.24) is 5.16 Å². The van der Waals surface area contributed by atoms with Gasteiger partial charge < -0.3 is 14.6 Å². The Balaban J connectivity index is 1.62. The number of anilines is 1. The lowest BCUT2D eigenvalue weighted by atomic mass is 10.3. The summed E-state index contributed by atoms with van der Waals surface area (Å²) in [4.78, 5) is 23.3. The van der Waals surface area contributed by atoms with Crippen LogP contribution in [0.15, 0.2) is 34.9 Å². The van der Waals surface area contributed by atoms with Crippen LogP contribution in [0.5, 0.6) is 0 Å². The van der Waals surface area contributed by atoms with E-state index in [4.69, 9.17) is 20.9 Å². The molecule has 1 heterocycles.